The highest BCUT2D eigenvalue weighted by atomic mass is 16.2. The van der Waals surface area contributed by atoms with E-state index in [4.69, 9.17) is 0 Å². The van der Waals surface area contributed by atoms with Crippen molar-refractivity contribution in [1.29, 1.82) is 0 Å². The van der Waals surface area contributed by atoms with Crippen molar-refractivity contribution in [2.24, 2.45) is 0 Å². The molecule has 0 bridgehead atoms. The molecular weight excluding hydrogens is 354 g/mol. The Labute approximate surface area is 165 Å². The molecule has 2 aromatic rings. The van der Waals surface area contributed by atoms with E-state index in [0.29, 0.717) is 25.3 Å². The number of piperazine rings is 1. The average Bonchev–Trinajstić information content (AvgIpc) is 2.70. The number of nitrogens with one attached hydrogen (secondary N) is 1. The highest BCUT2D eigenvalue weighted by molar-refractivity contribution is 6.35. The van der Waals surface area contributed by atoms with Gasteiger partial charge >= 0.3 is 11.8 Å². The van der Waals surface area contributed by atoms with Crippen molar-refractivity contribution in [1.82, 2.24) is 9.80 Å². The van der Waals surface area contributed by atoms with E-state index in [1.165, 1.54) is 10.5 Å². The minimum atomic E-state index is -0.628. The van der Waals surface area contributed by atoms with Crippen molar-refractivity contribution in [3.63, 3.8) is 0 Å². The summed E-state index contributed by atoms with van der Waals surface area (Å²) in [4.78, 5) is 40.0. The van der Waals surface area contributed by atoms with E-state index in [-0.39, 0.29) is 12.5 Å². The highest BCUT2D eigenvalue weighted by Gasteiger charge is 2.33. The number of anilines is 1. The molecule has 0 aliphatic carbocycles. The quantitative estimate of drug-likeness (QED) is 0.784. The van der Waals surface area contributed by atoms with Gasteiger partial charge in [0, 0.05) is 25.3 Å². The fourth-order valence-corrected chi connectivity index (χ4v) is 3.21. The molecule has 1 heterocycles. The Morgan fingerprint density at radius 2 is 1.61 bits per heavy atom. The predicted molar refractivity (Wildman–Crippen MR) is 108 cm³/mol. The third kappa shape index (κ3) is 4.57. The lowest BCUT2D eigenvalue weighted by molar-refractivity contribution is -0.157. The largest absolute Gasteiger partial charge is 0.328 e. The number of carbonyl (C=O) groups excluding carboxylic acids is 3. The number of nitrogens with zero attached hydrogens (tertiary/aromatic N) is 2. The summed E-state index contributed by atoms with van der Waals surface area (Å²) in [6.45, 7) is 5.08. The van der Waals surface area contributed by atoms with Crippen LogP contribution in [0.15, 0.2) is 48.5 Å². The third-order valence-corrected chi connectivity index (χ3v) is 5.00. The average molecular weight is 379 g/mol. The van der Waals surface area contributed by atoms with Gasteiger partial charge in [0.15, 0.2) is 0 Å². The zero-order valence-electron chi connectivity index (χ0n) is 16.3. The number of hydrogen-bond acceptors (Lipinski definition) is 3. The zero-order chi connectivity index (χ0) is 20.1. The summed E-state index contributed by atoms with van der Waals surface area (Å²) >= 11 is 0. The van der Waals surface area contributed by atoms with Gasteiger partial charge in [-0.3, -0.25) is 14.4 Å². The van der Waals surface area contributed by atoms with Crippen molar-refractivity contribution >= 4 is 23.4 Å². The van der Waals surface area contributed by atoms with Crippen LogP contribution in [0.2, 0.25) is 0 Å². The molecule has 0 spiro atoms. The third-order valence-electron chi connectivity index (χ3n) is 5.00. The molecule has 2 aromatic carbocycles. The molecule has 0 saturated carbocycles. The maximum atomic E-state index is 12.5. The summed E-state index contributed by atoms with van der Waals surface area (Å²) < 4.78 is 0. The Kier molecular flexibility index (Phi) is 6.09. The van der Waals surface area contributed by atoms with Crippen LogP contribution >= 0.6 is 0 Å². The fourth-order valence-electron chi connectivity index (χ4n) is 3.21. The van der Waals surface area contributed by atoms with Gasteiger partial charge in [-0.1, -0.05) is 43.3 Å². The standard InChI is InChI=1S/C22H25N3O3/c1-3-17-8-10-19(11-9-17)23-20(26)15-25-13-12-24(21(27)22(25)28)14-18-7-5-4-6-16(18)2/h4-11H,3,12-15H2,1-2H3,(H,23,26). The molecule has 0 atom stereocenters. The van der Waals surface area contributed by atoms with Crippen molar-refractivity contribution in [2.75, 3.05) is 25.0 Å². The molecule has 1 aliphatic rings. The first-order chi connectivity index (χ1) is 13.5. The summed E-state index contributed by atoms with van der Waals surface area (Å²) in [5.41, 5.74) is 3.96. The Balaban J connectivity index is 1.56. The molecule has 1 N–H and O–H groups in total. The highest BCUT2D eigenvalue weighted by Crippen LogP contribution is 2.14. The van der Waals surface area contributed by atoms with Crippen LogP contribution in [-0.4, -0.2) is 47.2 Å². The minimum absolute atomic E-state index is 0.127. The molecule has 146 valence electrons. The van der Waals surface area contributed by atoms with Crippen molar-refractivity contribution in [2.45, 2.75) is 26.8 Å². The van der Waals surface area contributed by atoms with Gasteiger partial charge < -0.3 is 15.1 Å². The van der Waals surface area contributed by atoms with E-state index >= 15 is 0 Å². The molecule has 6 nitrogen and oxygen atoms in total. The lowest BCUT2D eigenvalue weighted by atomic mass is 10.1. The lowest BCUT2D eigenvalue weighted by Crippen LogP contribution is -2.55. The summed E-state index contributed by atoms with van der Waals surface area (Å²) in [7, 11) is 0. The smallest absolute Gasteiger partial charge is 0.312 e. The van der Waals surface area contributed by atoms with Gasteiger partial charge in [0.2, 0.25) is 5.91 Å². The molecule has 6 heteroatoms. The van der Waals surface area contributed by atoms with Crippen LogP contribution in [0.25, 0.3) is 0 Å². The molecule has 3 rings (SSSR count). The van der Waals surface area contributed by atoms with Gasteiger partial charge in [0.05, 0.1) is 0 Å². The maximum absolute atomic E-state index is 12.5. The summed E-state index contributed by atoms with van der Waals surface area (Å²) in [5, 5.41) is 2.78. The van der Waals surface area contributed by atoms with Gasteiger partial charge in [0.1, 0.15) is 6.54 Å². The SMILES string of the molecule is CCc1ccc(NC(=O)CN2CCN(Cc3ccccc3C)C(=O)C2=O)cc1. The molecule has 28 heavy (non-hydrogen) atoms. The molecular formula is C22H25N3O3. The van der Waals surface area contributed by atoms with Crippen LogP contribution in [-0.2, 0) is 27.3 Å². The second-order valence-corrected chi connectivity index (χ2v) is 6.98. The first-order valence-corrected chi connectivity index (χ1v) is 9.49. The lowest BCUT2D eigenvalue weighted by Gasteiger charge is -2.33. The summed E-state index contributed by atoms with van der Waals surface area (Å²) in [6, 6.07) is 15.4. The minimum Gasteiger partial charge on any atom is -0.328 e. The number of amides is 3. The van der Waals surface area contributed by atoms with Crippen LogP contribution in [0.3, 0.4) is 0 Å². The summed E-state index contributed by atoms with van der Waals surface area (Å²) in [6.07, 6.45) is 0.928. The number of aryl methyl sites for hydroxylation is 2. The van der Waals surface area contributed by atoms with Crippen molar-refractivity contribution in [3.05, 3.63) is 65.2 Å². The van der Waals surface area contributed by atoms with E-state index in [0.717, 1.165) is 17.5 Å². The fraction of sp³-hybridized carbons (Fsp3) is 0.318. The molecule has 0 aromatic heterocycles. The molecule has 1 aliphatic heterocycles. The maximum Gasteiger partial charge on any atom is 0.312 e. The van der Waals surface area contributed by atoms with Crippen LogP contribution in [0.5, 0.6) is 0 Å². The molecule has 1 fully saturated rings. The van der Waals surface area contributed by atoms with E-state index in [2.05, 4.69) is 12.2 Å². The van der Waals surface area contributed by atoms with Gasteiger partial charge in [-0.05, 0) is 42.2 Å². The number of rotatable bonds is 6. The van der Waals surface area contributed by atoms with E-state index < -0.39 is 11.8 Å². The molecule has 0 radical (unpaired) electrons. The number of hydrogen-bond donors (Lipinski definition) is 1. The van der Waals surface area contributed by atoms with Crippen molar-refractivity contribution in [3.8, 4) is 0 Å². The molecule has 3 amide bonds. The molecule has 1 saturated heterocycles. The Hall–Kier alpha value is -3.15. The van der Waals surface area contributed by atoms with E-state index in [1.807, 2.05) is 55.5 Å². The van der Waals surface area contributed by atoms with Crippen LogP contribution in [0, 0.1) is 6.92 Å². The van der Waals surface area contributed by atoms with Gasteiger partial charge in [-0.2, -0.15) is 0 Å². The van der Waals surface area contributed by atoms with E-state index in [9.17, 15) is 14.4 Å². The summed E-state index contributed by atoms with van der Waals surface area (Å²) in [5.74, 6) is -1.50. The zero-order valence-corrected chi connectivity index (χ0v) is 16.3. The topological polar surface area (TPSA) is 69.7 Å². The van der Waals surface area contributed by atoms with Gasteiger partial charge in [-0.25, -0.2) is 0 Å². The normalized spacial score (nSPS) is 14.4. The predicted octanol–water partition coefficient (Wildman–Crippen LogP) is 2.37. The number of benzene rings is 2. The van der Waals surface area contributed by atoms with Crippen LogP contribution in [0.4, 0.5) is 5.69 Å². The van der Waals surface area contributed by atoms with E-state index in [1.54, 1.807) is 4.90 Å². The number of carbonyl (C=O) groups is 3. The second kappa shape index (κ2) is 8.69. The Bertz CT molecular complexity index is 877. The van der Waals surface area contributed by atoms with Gasteiger partial charge in [-0.15, -0.1) is 0 Å². The first kappa shape index (κ1) is 19.6. The van der Waals surface area contributed by atoms with Crippen LogP contribution < -0.4 is 5.32 Å². The Morgan fingerprint density at radius 1 is 0.964 bits per heavy atom. The van der Waals surface area contributed by atoms with Crippen molar-refractivity contribution < 1.29 is 14.4 Å². The molecule has 0 unspecified atom stereocenters. The monoisotopic (exact) mass is 379 g/mol. The second-order valence-electron chi connectivity index (χ2n) is 6.98. The Morgan fingerprint density at radius 3 is 2.29 bits per heavy atom. The first-order valence-electron chi connectivity index (χ1n) is 9.49. The van der Waals surface area contributed by atoms with Crippen LogP contribution in [0.1, 0.15) is 23.6 Å². The van der Waals surface area contributed by atoms with Gasteiger partial charge in [0.25, 0.3) is 0 Å².